The molecule has 0 radical (unpaired) electrons. The van der Waals surface area contributed by atoms with Gasteiger partial charge in [0.2, 0.25) is 28.6 Å². The van der Waals surface area contributed by atoms with E-state index in [0.717, 1.165) is 28.5 Å². The van der Waals surface area contributed by atoms with Crippen molar-refractivity contribution in [1.82, 2.24) is 14.1 Å². The number of amides is 2. The Morgan fingerprint density at radius 1 is 0.923 bits per heavy atom. The Balaban J connectivity index is 1.11. The lowest BCUT2D eigenvalue weighted by molar-refractivity contribution is -0.132. The first kappa shape index (κ1) is 26.4. The topological polar surface area (TPSA) is 109 Å². The summed E-state index contributed by atoms with van der Waals surface area (Å²) < 4.78 is 44.0. The van der Waals surface area contributed by atoms with E-state index in [1.54, 1.807) is 17.0 Å². The second kappa shape index (κ2) is 11.0. The van der Waals surface area contributed by atoms with Crippen LogP contribution in [-0.2, 0) is 30.9 Å². The lowest BCUT2D eigenvalue weighted by Gasteiger charge is -2.36. The molecule has 0 N–H and O–H groups in total. The maximum Gasteiger partial charge on any atom is 0.243 e. The van der Waals surface area contributed by atoms with Gasteiger partial charge >= 0.3 is 0 Å². The predicted octanol–water partition coefficient (Wildman–Crippen LogP) is 1.22. The van der Waals surface area contributed by atoms with Crippen LogP contribution in [-0.4, -0.2) is 106 Å². The summed E-state index contributed by atoms with van der Waals surface area (Å²) >= 11 is 1.36. The van der Waals surface area contributed by atoms with Crippen molar-refractivity contribution in [3.8, 4) is 11.5 Å². The SMILES string of the molecule is O=C(CN1C(=O)CSc2ccc(S(=O)(=O)N3CCOCC3)cc21)N1CCN(Cc2ccc3c(c2)OCO3)CC1. The van der Waals surface area contributed by atoms with Gasteiger partial charge in [0.15, 0.2) is 11.5 Å². The molecule has 0 spiro atoms. The first-order chi connectivity index (χ1) is 18.9. The predicted molar refractivity (Wildman–Crippen MR) is 144 cm³/mol. The summed E-state index contributed by atoms with van der Waals surface area (Å²) in [5.41, 5.74) is 1.59. The number of carbonyl (C=O) groups excluding carboxylic acids is 2. The van der Waals surface area contributed by atoms with Crippen molar-refractivity contribution in [2.75, 3.05) is 76.5 Å². The molecule has 2 aromatic rings. The minimum absolute atomic E-state index is 0.115. The van der Waals surface area contributed by atoms with E-state index in [4.69, 9.17) is 14.2 Å². The highest BCUT2D eigenvalue weighted by molar-refractivity contribution is 8.00. The average Bonchev–Trinajstić information content (AvgIpc) is 3.43. The normalized spacial score (nSPS) is 20.3. The summed E-state index contributed by atoms with van der Waals surface area (Å²) in [6.45, 7) is 4.68. The van der Waals surface area contributed by atoms with E-state index in [2.05, 4.69) is 4.90 Å². The quantitative estimate of drug-likeness (QED) is 0.503. The molecule has 0 bridgehead atoms. The van der Waals surface area contributed by atoms with Gasteiger partial charge in [-0.3, -0.25) is 14.5 Å². The third-order valence-corrected chi connectivity index (χ3v) is 10.3. The highest BCUT2D eigenvalue weighted by Crippen LogP contribution is 2.38. The number of nitrogens with zero attached hydrogens (tertiary/aromatic N) is 4. The maximum atomic E-state index is 13.3. The third-order valence-electron chi connectivity index (χ3n) is 7.34. The molecule has 0 aromatic heterocycles. The fourth-order valence-electron chi connectivity index (χ4n) is 5.14. The fourth-order valence-corrected chi connectivity index (χ4v) is 7.48. The Bertz CT molecular complexity index is 1370. The molecular weight excluding hydrogens is 544 g/mol. The van der Waals surface area contributed by atoms with E-state index in [1.165, 1.54) is 27.0 Å². The Morgan fingerprint density at radius 3 is 2.49 bits per heavy atom. The molecule has 2 aromatic carbocycles. The third kappa shape index (κ3) is 5.46. The summed E-state index contributed by atoms with van der Waals surface area (Å²) in [5.74, 6) is 1.37. The molecule has 0 saturated carbocycles. The number of morpholine rings is 1. The van der Waals surface area contributed by atoms with Crippen molar-refractivity contribution in [3.63, 3.8) is 0 Å². The van der Waals surface area contributed by atoms with Gasteiger partial charge in [-0.2, -0.15) is 4.31 Å². The van der Waals surface area contributed by atoms with Gasteiger partial charge in [0, 0.05) is 50.7 Å². The molecule has 2 saturated heterocycles. The molecule has 4 heterocycles. The van der Waals surface area contributed by atoms with Crippen molar-refractivity contribution in [2.24, 2.45) is 0 Å². The molecule has 2 fully saturated rings. The van der Waals surface area contributed by atoms with E-state index in [-0.39, 0.29) is 48.9 Å². The number of anilines is 1. The lowest BCUT2D eigenvalue weighted by atomic mass is 10.1. The fraction of sp³-hybridized carbons (Fsp3) is 0.462. The molecule has 2 amide bonds. The number of hydrogen-bond acceptors (Lipinski definition) is 9. The van der Waals surface area contributed by atoms with Crippen molar-refractivity contribution in [2.45, 2.75) is 16.3 Å². The van der Waals surface area contributed by atoms with Crippen LogP contribution in [0.5, 0.6) is 11.5 Å². The van der Waals surface area contributed by atoms with Crippen LogP contribution >= 0.6 is 11.8 Å². The van der Waals surface area contributed by atoms with E-state index < -0.39 is 10.0 Å². The van der Waals surface area contributed by atoms with Gasteiger partial charge in [-0.1, -0.05) is 6.07 Å². The molecule has 208 valence electrons. The number of carbonyl (C=O) groups is 2. The highest BCUT2D eigenvalue weighted by Gasteiger charge is 2.33. The zero-order valence-corrected chi connectivity index (χ0v) is 23.0. The van der Waals surface area contributed by atoms with Crippen LogP contribution in [0.25, 0.3) is 0 Å². The number of benzene rings is 2. The van der Waals surface area contributed by atoms with Gasteiger partial charge in [-0.05, 0) is 35.9 Å². The summed E-state index contributed by atoms with van der Waals surface area (Å²) in [5, 5.41) is 0. The van der Waals surface area contributed by atoms with Crippen molar-refractivity contribution in [3.05, 3.63) is 42.0 Å². The summed E-state index contributed by atoms with van der Waals surface area (Å²) in [7, 11) is -3.73. The molecule has 39 heavy (non-hydrogen) atoms. The van der Waals surface area contributed by atoms with Crippen LogP contribution in [0.1, 0.15) is 5.56 Å². The van der Waals surface area contributed by atoms with Crippen LogP contribution in [0.15, 0.2) is 46.2 Å². The molecule has 4 aliphatic rings. The zero-order valence-electron chi connectivity index (χ0n) is 21.4. The smallest absolute Gasteiger partial charge is 0.243 e. The first-order valence-electron chi connectivity index (χ1n) is 12.9. The van der Waals surface area contributed by atoms with Gasteiger partial charge < -0.3 is 24.0 Å². The first-order valence-corrected chi connectivity index (χ1v) is 15.3. The van der Waals surface area contributed by atoms with Crippen LogP contribution in [0.3, 0.4) is 0 Å². The van der Waals surface area contributed by atoms with Crippen LogP contribution in [0, 0.1) is 0 Å². The second-order valence-corrected chi connectivity index (χ2v) is 12.7. The number of piperazine rings is 1. The molecule has 13 heteroatoms. The van der Waals surface area contributed by atoms with Crippen LogP contribution in [0.4, 0.5) is 5.69 Å². The summed E-state index contributed by atoms with van der Waals surface area (Å²) in [4.78, 5) is 32.6. The number of hydrogen-bond donors (Lipinski definition) is 0. The highest BCUT2D eigenvalue weighted by atomic mass is 32.2. The number of ether oxygens (including phenoxy) is 3. The maximum absolute atomic E-state index is 13.3. The molecule has 0 aliphatic carbocycles. The largest absolute Gasteiger partial charge is 0.454 e. The lowest BCUT2D eigenvalue weighted by Crippen LogP contribution is -2.52. The van der Waals surface area contributed by atoms with E-state index >= 15 is 0 Å². The van der Waals surface area contributed by atoms with Crippen molar-refractivity contribution < 1.29 is 32.2 Å². The standard InChI is InChI=1S/C26H30N4O7S2/c31-25(28-7-5-27(6-8-28)15-19-1-3-22-23(13-19)37-18-36-22)16-30-21-14-20(2-4-24(21)38-17-26(30)32)39(33,34)29-9-11-35-12-10-29/h1-4,13-14H,5-12,15-18H2. The summed E-state index contributed by atoms with van der Waals surface area (Å²) in [6, 6.07) is 10.8. The van der Waals surface area contributed by atoms with E-state index in [9.17, 15) is 18.0 Å². The average molecular weight is 575 g/mol. The zero-order chi connectivity index (χ0) is 27.0. The van der Waals surface area contributed by atoms with Gasteiger partial charge in [0.25, 0.3) is 0 Å². The van der Waals surface area contributed by atoms with Crippen LogP contribution < -0.4 is 14.4 Å². The van der Waals surface area contributed by atoms with E-state index in [0.29, 0.717) is 45.1 Å². The molecule has 4 aliphatic heterocycles. The van der Waals surface area contributed by atoms with Crippen LogP contribution in [0.2, 0.25) is 0 Å². The van der Waals surface area contributed by atoms with Gasteiger partial charge in [0.1, 0.15) is 6.54 Å². The Labute approximate surface area is 231 Å². The van der Waals surface area contributed by atoms with Gasteiger partial charge in [0.05, 0.1) is 29.5 Å². The van der Waals surface area contributed by atoms with Gasteiger partial charge in [-0.15, -0.1) is 11.8 Å². The second-order valence-electron chi connectivity index (χ2n) is 9.76. The minimum Gasteiger partial charge on any atom is -0.454 e. The molecule has 6 rings (SSSR count). The number of thioether (sulfide) groups is 1. The number of sulfonamides is 1. The minimum atomic E-state index is -3.73. The van der Waals surface area contributed by atoms with E-state index in [1.807, 2.05) is 18.2 Å². The Kier molecular flexibility index (Phi) is 7.42. The summed E-state index contributed by atoms with van der Waals surface area (Å²) in [6.07, 6.45) is 0. The Morgan fingerprint density at radius 2 is 1.69 bits per heavy atom. The molecule has 11 nitrogen and oxygen atoms in total. The number of rotatable bonds is 6. The van der Waals surface area contributed by atoms with Gasteiger partial charge in [-0.25, -0.2) is 8.42 Å². The molecular formula is C26H30N4O7S2. The Hall–Kier alpha value is -2.84. The van der Waals surface area contributed by atoms with Crippen molar-refractivity contribution >= 4 is 39.3 Å². The molecule has 0 atom stereocenters. The van der Waals surface area contributed by atoms with Crippen molar-refractivity contribution in [1.29, 1.82) is 0 Å². The molecule has 0 unspecified atom stereocenters. The monoisotopic (exact) mass is 574 g/mol. The number of fused-ring (bicyclic) bond motifs is 2.